The summed E-state index contributed by atoms with van der Waals surface area (Å²) in [5.74, 6) is -2.77. The molecule has 0 aromatic carbocycles. The molecule has 0 saturated carbocycles. The van der Waals surface area contributed by atoms with Crippen LogP contribution in [0.1, 0.15) is 46.5 Å². The molecule has 1 rings (SSSR count). The predicted octanol–water partition coefficient (Wildman–Crippen LogP) is 1.67. The Kier molecular flexibility index (Phi) is 8.92. The molecule has 7 nitrogen and oxygen atoms in total. The van der Waals surface area contributed by atoms with Crippen LogP contribution in [0.3, 0.4) is 0 Å². The second-order valence-corrected chi connectivity index (χ2v) is 6.39. The van der Waals surface area contributed by atoms with E-state index in [0.717, 1.165) is 6.08 Å². The van der Waals surface area contributed by atoms with Crippen LogP contribution in [0.4, 0.5) is 0 Å². The summed E-state index contributed by atoms with van der Waals surface area (Å²) in [4.78, 5) is 48.0. The lowest BCUT2D eigenvalue weighted by molar-refractivity contribution is -0.159. The van der Waals surface area contributed by atoms with Gasteiger partial charge in [0.1, 0.15) is 18.0 Å². The lowest BCUT2D eigenvalue weighted by Gasteiger charge is -2.21. The van der Waals surface area contributed by atoms with E-state index in [1.165, 1.54) is 19.1 Å². The number of allylic oxidation sites excluding steroid dienone is 2. The van der Waals surface area contributed by atoms with Gasteiger partial charge in [0.25, 0.3) is 0 Å². The number of ketones is 2. The Bertz CT molecular complexity index is 591. The van der Waals surface area contributed by atoms with Crippen molar-refractivity contribution in [2.75, 3.05) is 0 Å². The highest BCUT2D eigenvalue weighted by Gasteiger charge is 2.28. The summed E-state index contributed by atoms with van der Waals surface area (Å²) in [5, 5.41) is 9.98. The highest BCUT2D eigenvalue weighted by Crippen LogP contribution is 2.18. The van der Waals surface area contributed by atoms with Crippen molar-refractivity contribution < 1.29 is 33.8 Å². The van der Waals surface area contributed by atoms with E-state index >= 15 is 0 Å². The molecule has 1 heterocycles. The second-order valence-electron chi connectivity index (χ2n) is 6.39. The van der Waals surface area contributed by atoms with E-state index in [0.29, 0.717) is 6.42 Å². The Balaban J connectivity index is 2.98. The number of esters is 2. The van der Waals surface area contributed by atoms with Crippen molar-refractivity contribution in [1.82, 2.24) is 0 Å². The first-order valence-corrected chi connectivity index (χ1v) is 8.67. The van der Waals surface area contributed by atoms with Crippen LogP contribution < -0.4 is 0 Å². The number of carbonyl (C=O) groups is 4. The van der Waals surface area contributed by atoms with Gasteiger partial charge >= 0.3 is 11.9 Å². The van der Waals surface area contributed by atoms with Crippen molar-refractivity contribution >= 4 is 23.5 Å². The van der Waals surface area contributed by atoms with Crippen LogP contribution in [0.15, 0.2) is 24.3 Å². The average Bonchev–Trinajstić information content (AvgIpc) is 2.56. The largest absolute Gasteiger partial charge is 0.460 e. The molecule has 0 fully saturated rings. The van der Waals surface area contributed by atoms with Crippen molar-refractivity contribution in [3.8, 4) is 0 Å². The van der Waals surface area contributed by atoms with Crippen LogP contribution >= 0.6 is 0 Å². The fourth-order valence-corrected chi connectivity index (χ4v) is 2.46. The average molecular weight is 366 g/mol. The van der Waals surface area contributed by atoms with E-state index in [9.17, 15) is 24.3 Å². The van der Waals surface area contributed by atoms with Crippen molar-refractivity contribution in [3.63, 3.8) is 0 Å². The smallest absolute Gasteiger partial charge is 0.330 e. The summed E-state index contributed by atoms with van der Waals surface area (Å²) in [5.41, 5.74) is 0. The standard InChI is InChI=1S/C19H26O7/c1-4-5-15(20)10-14-11-16(21)7-6-12(2)25-18(23)9-8-17(22)13(3)26-19(14)24/h4-5,8-9,12-14,17,22H,6-7,10-11H2,1-3H3/b5-4+,9-8?/t12-,13-,14-,17+/m0/s1. The zero-order valence-corrected chi connectivity index (χ0v) is 15.3. The zero-order chi connectivity index (χ0) is 19.7. The Morgan fingerprint density at radius 2 is 1.96 bits per heavy atom. The van der Waals surface area contributed by atoms with Gasteiger partial charge in [-0.15, -0.1) is 0 Å². The molecule has 144 valence electrons. The van der Waals surface area contributed by atoms with E-state index < -0.39 is 36.2 Å². The molecule has 0 aliphatic carbocycles. The molecule has 1 aliphatic rings. The minimum Gasteiger partial charge on any atom is -0.460 e. The molecular weight excluding hydrogens is 340 g/mol. The summed E-state index contributed by atoms with van der Waals surface area (Å²) < 4.78 is 10.3. The van der Waals surface area contributed by atoms with Crippen LogP contribution in [0, 0.1) is 5.92 Å². The summed E-state index contributed by atoms with van der Waals surface area (Å²) in [6, 6.07) is 0. The number of hydrogen-bond acceptors (Lipinski definition) is 7. The van der Waals surface area contributed by atoms with Crippen molar-refractivity contribution in [1.29, 1.82) is 0 Å². The topological polar surface area (TPSA) is 107 Å². The van der Waals surface area contributed by atoms with Gasteiger partial charge in [0.15, 0.2) is 5.78 Å². The lowest BCUT2D eigenvalue weighted by atomic mass is 9.94. The first-order valence-electron chi connectivity index (χ1n) is 8.67. The van der Waals surface area contributed by atoms with Gasteiger partial charge in [-0.05, 0) is 39.3 Å². The van der Waals surface area contributed by atoms with Gasteiger partial charge in [0.2, 0.25) is 0 Å². The molecule has 4 atom stereocenters. The van der Waals surface area contributed by atoms with Crippen LogP contribution in [0.5, 0.6) is 0 Å². The zero-order valence-electron chi connectivity index (χ0n) is 15.3. The number of ether oxygens (including phenoxy) is 2. The second kappa shape index (κ2) is 10.7. The van der Waals surface area contributed by atoms with Gasteiger partial charge < -0.3 is 14.6 Å². The third-order valence-corrected chi connectivity index (χ3v) is 3.97. The highest BCUT2D eigenvalue weighted by molar-refractivity contribution is 5.94. The summed E-state index contributed by atoms with van der Waals surface area (Å²) in [7, 11) is 0. The van der Waals surface area contributed by atoms with Gasteiger partial charge in [0, 0.05) is 25.3 Å². The van der Waals surface area contributed by atoms with Crippen LogP contribution in [0.25, 0.3) is 0 Å². The van der Waals surface area contributed by atoms with Gasteiger partial charge in [-0.1, -0.05) is 6.08 Å². The maximum atomic E-state index is 12.4. The number of hydrogen-bond donors (Lipinski definition) is 1. The van der Waals surface area contributed by atoms with Gasteiger partial charge in [-0.2, -0.15) is 0 Å². The maximum absolute atomic E-state index is 12.4. The molecule has 0 spiro atoms. The molecule has 1 aliphatic heterocycles. The molecule has 0 radical (unpaired) electrons. The fourth-order valence-electron chi connectivity index (χ4n) is 2.46. The molecule has 0 aromatic rings. The third kappa shape index (κ3) is 7.74. The molecular formula is C19H26O7. The van der Waals surface area contributed by atoms with E-state index in [2.05, 4.69) is 0 Å². The normalized spacial score (nSPS) is 29.2. The van der Waals surface area contributed by atoms with Crippen LogP contribution in [-0.2, 0) is 28.7 Å². The Morgan fingerprint density at radius 3 is 2.62 bits per heavy atom. The molecule has 0 bridgehead atoms. The van der Waals surface area contributed by atoms with E-state index in [1.54, 1.807) is 19.9 Å². The quantitative estimate of drug-likeness (QED) is 0.598. The molecule has 0 amide bonds. The third-order valence-electron chi connectivity index (χ3n) is 3.97. The first kappa shape index (κ1) is 21.8. The van der Waals surface area contributed by atoms with Crippen LogP contribution in [-0.4, -0.2) is 46.9 Å². The number of aliphatic hydroxyl groups is 1. The number of carbonyl (C=O) groups excluding carboxylic acids is 4. The molecule has 7 heteroatoms. The van der Waals surface area contributed by atoms with E-state index in [-0.39, 0.29) is 30.8 Å². The fraction of sp³-hybridized carbons (Fsp3) is 0.579. The van der Waals surface area contributed by atoms with Crippen molar-refractivity contribution in [2.24, 2.45) is 5.92 Å². The van der Waals surface area contributed by atoms with E-state index in [1.807, 2.05) is 0 Å². The van der Waals surface area contributed by atoms with Gasteiger partial charge in [-0.3, -0.25) is 14.4 Å². The molecule has 26 heavy (non-hydrogen) atoms. The number of Topliss-reactive ketones (excluding diaryl/α,β-unsaturated/α-hetero) is 1. The summed E-state index contributed by atoms with van der Waals surface area (Å²) in [6.07, 6.45) is 2.66. The number of rotatable bonds is 3. The summed E-state index contributed by atoms with van der Waals surface area (Å²) in [6.45, 7) is 4.80. The molecule has 1 N–H and O–H groups in total. The predicted molar refractivity (Wildman–Crippen MR) is 93.0 cm³/mol. The van der Waals surface area contributed by atoms with Crippen molar-refractivity contribution in [2.45, 2.75) is 64.8 Å². The monoisotopic (exact) mass is 366 g/mol. The Hall–Kier alpha value is -2.28. The minimum atomic E-state index is -1.22. The van der Waals surface area contributed by atoms with Gasteiger partial charge in [0.05, 0.1) is 12.0 Å². The minimum absolute atomic E-state index is 0.123. The molecule has 0 aromatic heterocycles. The Morgan fingerprint density at radius 1 is 1.27 bits per heavy atom. The van der Waals surface area contributed by atoms with Crippen LogP contribution in [0.2, 0.25) is 0 Å². The maximum Gasteiger partial charge on any atom is 0.330 e. The summed E-state index contributed by atoms with van der Waals surface area (Å²) >= 11 is 0. The van der Waals surface area contributed by atoms with Crippen molar-refractivity contribution in [3.05, 3.63) is 24.3 Å². The Labute approximate surface area is 153 Å². The SMILES string of the molecule is C/C=C/C(=O)C[C@H]1CC(=O)CC[C@H](C)OC(=O)C=C[C@@H](O)[C@H](C)OC1=O. The molecule has 0 unspecified atom stereocenters. The first-order chi connectivity index (χ1) is 12.2. The highest BCUT2D eigenvalue weighted by atomic mass is 16.6. The lowest BCUT2D eigenvalue weighted by Crippen LogP contribution is -2.32. The van der Waals surface area contributed by atoms with Gasteiger partial charge in [-0.25, -0.2) is 4.79 Å². The van der Waals surface area contributed by atoms with E-state index in [4.69, 9.17) is 9.47 Å². The molecule has 0 saturated heterocycles. The number of aliphatic hydroxyl groups excluding tert-OH is 1. The number of cyclic esters (lactones) is 2.